The Balaban J connectivity index is 2.74. The number of carboxylic acids is 1. The molecule has 6 unspecified atom stereocenters. The van der Waals surface area contributed by atoms with E-state index in [0.29, 0.717) is 19.3 Å². The van der Waals surface area contributed by atoms with Crippen molar-refractivity contribution in [1.29, 1.82) is 0 Å². The van der Waals surface area contributed by atoms with Gasteiger partial charge in [-0.1, -0.05) is 214 Å². The van der Waals surface area contributed by atoms with Crippen molar-refractivity contribution < 1.29 is 58.2 Å². The lowest BCUT2D eigenvalue weighted by molar-refractivity contribution is -0.301. The van der Waals surface area contributed by atoms with Gasteiger partial charge in [0, 0.05) is 19.3 Å². The number of carbonyl (C=O) groups excluding carboxylic acids is 3. The van der Waals surface area contributed by atoms with Gasteiger partial charge in [0.25, 0.3) is 0 Å². The van der Waals surface area contributed by atoms with Gasteiger partial charge in [-0.15, -0.1) is 0 Å². The zero-order chi connectivity index (χ0) is 57.5. The molecular weight excluding hydrogens is 997 g/mol. The first-order chi connectivity index (χ1) is 38.6. The quantitative estimate of drug-likeness (QED) is 0.0228. The maximum Gasteiger partial charge on any atom is 0.335 e. The molecule has 0 bridgehead atoms. The normalized spacial score (nSPS) is 18.6. The average Bonchev–Trinajstić information content (AvgIpc) is 3.44. The molecule has 1 rings (SSSR count). The Morgan fingerprint density at radius 3 is 1.30 bits per heavy atom. The lowest BCUT2D eigenvalue weighted by Gasteiger charge is -2.40. The Bertz CT molecular complexity index is 1790. The van der Waals surface area contributed by atoms with Gasteiger partial charge in [-0.25, -0.2) is 4.79 Å². The summed E-state index contributed by atoms with van der Waals surface area (Å²) < 4.78 is 28.4. The van der Waals surface area contributed by atoms with Gasteiger partial charge in [0.15, 0.2) is 24.6 Å². The van der Waals surface area contributed by atoms with Crippen molar-refractivity contribution in [3.63, 3.8) is 0 Å². The summed E-state index contributed by atoms with van der Waals surface area (Å²) in [6.45, 7) is 5.76. The van der Waals surface area contributed by atoms with Crippen molar-refractivity contribution in [3.05, 3.63) is 109 Å². The molecule has 0 saturated carbocycles. The van der Waals surface area contributed by atoms with Crippen LogP contribution in [0, 0.1) is 0 Å². The Hall–Kier alpha value is -4.62. The maximum atomic E-state index is 13.2. The summed E-state index contributed by atoms with van der Waals surface area (Å²) >= 11 is 0. The number of carboxylic acid groups (broad SMARTS) is 1. The third-order valence-corrected chi connectivity index (χ3v) is 13.3. The number of unbranched alkanes of at least 4 members (excludes halogenated alkanes) is 19. The van der Waals surface area contributed by atoms with E-state index < -0.39 is 67.3 Å². The minimum atomic E-state index is -1.92. The van der Waals surface area contributed by atoms with Crippen molar-refractivity contribution in [2.75, 3.05) is 13.2 Å². The molecule has 12 nitrogen and oxygen atoms in total. The number of aliphatic hydroxyl groups is 2. The molecule has 0 spiro atoms. The largest absolute Gasteiger partial charge is 0.479 e. The molecular formula is C67H108O12. The van der Waals surface area contributed by atoms with Gasteiger partial charge in [0.1, 0.15) is 18.8 Å². The van der Waals surface area contributed by atoms with E-state index in [9.17, 15) is 34.5 Å². The predicted octanol–water partition coefficient (Wildman–Crippen LogP) is 16.2. The molecule has 3 N–H and O–H groups in total. The molecule has 0 aliphatic carbocycles. The third kappa shape index (κ3) is 43.8. The summed E-state index contributed by atoms with van der Waals surface area (Å²) in [6.07, 6.45) is 60.6. The number of esters is 3. The molecule has 1 heterocycles. The number of rotatable bonds is 51. The van der Waals surface area contributed by atoms with Crippen LogP contribution in [-0.2, 0) is 42.9 Å². The highest BCUT2D eigenvalue weighted by molar-refractivity contribution is 5.74. The van der Waals surface area contributed by atoms with Crippen molar-refractivity contribution in [3.8, 4) is 0 Å². The Labute approximate surface area is 478 Å². The highest BCUT2D eigenvalue weighted by Gasteiger charge is 2.50. The zero-order valence-electron chi connectivity index (χ0n) is 49.3. The molecule has 12 heteroatoms. The molecule has 1 aliphatic rings. The number of carbonyl (C=O) groups is 4. The van der Waals surface area contributed by atoms with Crippen LogP contribution < -0.4 is 0 Å². The lowest BCUT2D eigenvalue weighted by Crippen LogP contribution is -2.61. The molecule has 1 saturated heterocycles. The molecule has 0 amide bonds. The first-order valence-electron chi connectivity index (χ1n) is 30.9. The maximum absolute atomic E-state index is 13.2. The molecule has 0 aromatic carbocycles. The summed E-state index contributed by atoms with van der Waals surface area (Å²) in [6, 6.07) is 0. The fourth-order valence-corrected chi connectivity index (χ4v) is 8.59. The molecule has 448 valence electrons. The molecule has 0 radical (unpaired) electrons. The van der Waals surface area contributed by atoms with Crippen LogP contribution in [0.25, 0.3) is 0 Å². The fourth-order valence-electron chi connectivity index (χ4n) is 8.59. The second kappa shape index (κ2) is 54.0. The monoisotopic (exact) mass is 1100 g/mol. The van der Waals surface area contributed by atoms with Crippen LogP contribution in [0.5, 0.6) is 0 Å². The van der Waals surface area contributed by atoms with Gasteiger partial charge < -0.3 is 39.0 Å². The van der Waals surface area contributed by atoms with Gasteiger partial charge in [-0.3, -0.25) is 14.4 Å². The Morgan fingerprint density at radius 2 is 0.823 bits per heavy atom. The summed E-state index contributed by atoms with van der Waals surface area (Å²) in [4.78, 5) is 51.2. The SMILES string of the molecule is CC/C=C\C/C=C\C/C=C\C/C=C\C/C=C\C/C=C\CCC(=O)OCC(COC1OC(C(=O)O)C(O)C(O)C1OC(=O)CCCCCCC/C=C\CCCCCC)OC(=O)CCCCCCCCC/C=C\C/C=C\CCCCC. The van der Waals surface area contributed by atoms with E-state index in [1.54, 1.807) is 0 Å². The fraction of sp³-hybridized carbons (Fsp3) is 0.672. The van der Waals surface area contributed by atoms with Crippen molar-refractivity contribution in [2.45, 2.75) is 276 Å². The average molecular weight is 1110 g/mol. The molecule has 1 aliphatic heterocycles. The summed E-state index contributed by atoms with van der Waals surface area (Å²) in [5.41, 5.74) is 0. The Kier molecular flexibility index (Phi) is 49.5. The van der Waals surface area contributed by atoms with Gasteiger partial charge >= 0.3 is 23.9 Å². The van der Waals surface area contributed by atoms with Crippen LogP contribution in [0.15, 0.2) is 109 Å². The molecule has 6 atom stereocenters. The number of ether oxygens (including phenoxy) is 5. The molecule has 79 heavy (non-hydrogen) atoms. The Morgan fingerprint density at radius 1 is 0.430 bits per heavy atom. The van der Waals surface area contributed by atoms with Crippen LogP contribution in [0.2, 0.25) is 0 Å². The third-order valence-electron chi connectivity index (χ3n) is 13.3. The van der Waals surface area contributed by atoms with E-state index in [4.69, 9.17) is 23.7 Å². The van der Waals surface area contributed by atoms with Crippen LogP contribution in [-0.4, -0.2) is 89.2 Å². The summed E-state index contributed by atoms with van der Waals surface area (Å²) in [5.74, 6) is -3.26. The van der Waals surface area contributed by atoms with E-state index >= 15 is 0 Å². The number of aliphatic hydroxyl groups excluding tert-OH is 2. The van der Waals surface area contributed by atoms with Gasteiger partial charge in [0.2, 0.25) is 0 Å². The van der Waals surface area contributed by atoms with Crippen LogP contribution in [0.4, 0.5) is 0 Å². The van der Waals surface area contributed by atoms with E-state index in [0.717, 1.165) is 135 Å². The second-order valence-corrected chi connectivity index (χ2v) is 20.6. The topological polar surface area (TPSA) is 175 Å². The standard InChI is InChI=1S/C67H108O12/c1-4-7-10-13-16-19-22-25-27-29-30-32-33-36-38-41-44-47-50-53-59(68)75-56-58(77-60(69)54-51-48-45-42-40-37-34-31-28-26-23-20-17-14-11-8-5-2)57-76-67-65(63(72)62(71)64(79-67)66(73)74)78-61(70)55-52-49-46-43-39-35-24-21-18-15-12-9-6-3/h7,10,16-17,19-21,24-28,30,32,36,38,44,47,58,62-65,67,71-72H,4-6,8-9,11-15,18,22-23,29,31,33-35,37,39-43,45-46,48-57H2,1-3H3,(H,73,74)/b10-7-,19-16-,20-17-,24-21-,27-25-,28-26-,32-30-,38-36-,47-44-. The lowest BCUT2D eigenvalue weighted by atomic mass is 9.98. The predicted molar refractivity (Wildman–Crippen MR) is 321 cm³/mol. The van der Waals surface area contributed by atoms with E-state index in [2.05, 4.69) is 118 Å². The van der Waals surface area contributed by atoms with E-state index in [1.807, 2.05) is 12.2 Å². The second-order valence-electron chi connectivity index (χ2n) is 20.6. The van der Waals surface area contributed by atoms with Crippen LogP contribution >= 0.6 is 0 Å². The molecule has 1 fully saturated rings. The van der Waals surface area contributed by atoms with E-state index in [-0.39, 0.29) is 25.9 Å². The van der Waals surface area contributed by atoms with Crippen LogP contribution in [0.3, 0.4) is 0 Å². The minimum Gasteiger partial charge on any atom is -0.479 e. The molecule has 0 aromatic heterocycles. The minimum absolute atomic E-state index is 0.0377. The number of allylic oxidation sites excluding steroid dienone is 18. The summed E-state index contributed by atoms with van der Waals surface area (Å²) in [7, 11) is 0. The highest BCUT2D eigenvalue weighted by atomic mass is 16.7. The van der Waals surface area contributed by atoms with Crippen molar-refractivity contribution in [2.24, 2.45) is 0 Å². The molecule has 0 aromatic rings. The first kappa shape index (κ1) is 72.4. The van der Waals surface area contributed by atoms with Crippen molar-refractivity contribution in [1.82, 2.24) is 0 Å². The van der Waals surface area contributed by atoms with Gasteiger partial charge in [-0.2, -0.15) is 0 Å². The van der Waals surface area contributed by atoms with Crippen molar-refractivity contribution >= 4 is 23.9 Å². The highest BCUT2D eigenvalue weighted by Crippen LogP contribution is 2.26. The summed E-state index contributed by atoms with van der Waals surface area (Å²) in [5, 5.41) is 31.5. The van der Waals surface area contributed by atoms with Crippen LogP contribution in [0.1, 0.15) is 239 Å². The van der Waals surface area contributed by atoms with Gasteiger partial charge in [0.05, 0.1) is 6.61 Å². The van der Waals surface area contributed by atoms with Gasteiger partial charge in [-0.05, 0) is 116 Å². The number of hydrogen-bond acceptors (Lipinski definition) is 11. The van der Waals surface area contributed by atoms with E-state index in [1.165, 1.54) is 44.9 Å². The smallest absolute Gasteiger partial charge is 0.335 e. The number of aliphatic carboxylic acids is 1. The number of hydrogen-bond donors (Lipinski definition) is 3. The zero-order valence-corrected chi connectivity index (χ0v) is 49.3. The first-order valence-corrected chi connectivity index (χ1v) is 30.9.